The Morgan fingerprint density at radius 2 is 2.00 bits per heavy atom. The first kappa shape index (κ1) is 12.9. The van der Waals surface area contributed by atoms with Crippen LogP contribution in [0.25, 0.3) is 0 Å². The molecule has 2 aromatic rings. The van der Waals surface area contributed by atoms with Gasteiger partial charge in [0.15, 0.2) is 0 Å². The average molecular weight is 402 g/mol. The molecule has 0 saturated carbocycles. The Hall–Kier alpha value is -0.550. The quantitative estimate of drug-likeness (QED) is 0.715. The molecular formula is C14H13BrIN. The summed E-state index contributed by atoms with van der Waals surface area (Å²) in [4.78, 5) is 0. The SMILES string of the molecule is Cc1cccc(CNc2ccc(I)cc2Br)c1. The normalized spacial score (nSPS) is 10.3. The number of benzene rings is 2. The van der Waals surface area contributed by atoms with Gasteiger partial charge in [0.1, 0.15) is 0 Å². The van der Waals surface area contributed by atoms with Gasteiger partial charge in [0, 0.05) is 20.3 Å². The van der Waals surface area contributed by atoms with Gasteiger partial charge in [-0.25, -0.2) is 0 Å². The van der Waals surface area contributed by atoms with Gasteiger partial charge in [0.2, 0.25) is 0 Å². The molecule has 88 valence electrons. The summed E-state index contributed by atoms with van der Waals surface area (Å²) in [5.74, 6) is 0. The van der Waals surface area contributed by atoms with E-state index in [4.69, 9.17) is 0 Å². The van der Waals surface area contributed by atoms with E-state index in [1.165, 1.54) is 14.7 Å². The summed E-state index contributed by atoms with van der Waals surface area (Å²) in [7, 11) is 0. The highest BCUT2D eigenvalue weighted by atomic mass is 127. The lowest BCUT2D eigenvalue weighted by Crippen LogP contribution is -2.00. The van der Waals surface area contributed by atoms with E-state index in [9.17, 15) is 0 Å². The van der Waals surface area contributed by atoms with Crippen molar-refractivity contribution in [2.75, 3.05) is 5.32 Å². The predicted octanol–water partition coefficient (Wildman–Crippen LogP) is 4.97. The molecular weight excluding hydrogens is 389 g/mol. The van der Waals surface area contributed by atoms with Crippen LogP contribution in [-0.4, -0.2) is 0 Å². The zero-order chi connectivity index (χ0) is 12.3. The van der Waals surface area contributed by atoms with E-state index in [2.05, 4.69) is 93.2 Å². The number of aryl methyl sites for hydroxylation is 1. The molecule has 0 spiro atoms. The number of nitrogens with one attached hydrogen (secondary N) is 1. The molecule has 1 nitrogen and oxygen atoms in total. The van der Waals surface area contributed by atoms with Gasteiger partial charge in [0.25, 0.3) is 0 Å². The van der Waals surface area contributed by atoms with Crippen molar-refractivity contribution in [2.45, 2.75) is 13.5 Å². The highest BCUT2D eigenvalue weighted by Gasteiger charge is 2.00. The van der Waals surface area contributed by atoms with Crippen molar-refractivity contribution >= 4 is 44.2 Å². The van der Waals surface area contributed by atoms with Crippen molar-refractivity contribution in [3.63, 3.8) is 0 Å². The maximum atomic E-state index is 3.57. The van der Waals surface area contributed by atoms with Crippen molar-refractivity contribution in [1.82, 2.24) is 0 Å². The number of hydrogen-bond acceptors (Lipinski definition) is 1. The Bertz CT molecular complexity index is 525. The molecule has 0 heterocycles. The van der Waals surface area contributed by atoms with E-state index >= 15 is 0 Å². The molecule has 0 aliphatic heterocycles. The standard InChI is InChI=1S/C14H13BrIN/c1-10-3-2-4-11(7-10)9-17-14-6-5-12(16)8-13(14)15/h2-8,17H,9H2,1H3. The van der Waals surface area contributed by atoms with Crippen LogP contribution in [0.4, 0.5) is 5.69 Å². The highest BCUT2D eigenvalue weighted by molar-refractivity contribution is 14.1. The van der Waals surface area contributed by atoms with E-state index in [0.717, 1.165) is 16.7 Å². The second-order valence-corrected chi connectivity index (χ2v) is 6.07. The van der Waals surface area contributed by atoms with Gasteiger partial charge in [-0.15, -0.1) is 0 Å². The third-order valence-corrected chi connectivity index (χ3v) is 3.82. The molecule has 0 amide bonds. The minimum absolute atomic E-state index is 0.848. The zero-order valence-electron chi connectivity index (χ0n) is 9.50. The molecule has 0 radical (unpaired) electrons. The fraction of sp³-hybridized carbons (Fsp3) is 0.143. The van der Waals surface area contributed by atoms with E-state index in [1.54, 1.807) is 0 Å². The Balaban J connectivity index is 2.07. The summed E-state index contributed by atoms with van der Waals surface area (Å²) in [6, 6.07) is 14.9. The van der Waals surface area contributed by atoms with Crippen molar-refractivity contribution < 1.29 is 0 Å². The second-order valence-electron chi connectivity index (χ2n) is 3.97. The number of anilines is 1. The summed E-state index contributed by atoms with van der Waals surface area (Å²) in [6.07, 6.45) is 0. The lowest BCUT2D eigenvalue weighted by molar-refractivity contribution is 1.14. The highest BCUT2D eigenvalue weighted by Crippen LogP contribution is 2.24. The van der Waals surface area contributed by atoms with Gasteiger partial charge < -0.3 is 5.32 Å². The topological polar surface area (TPSA) is 12.0 Å². The van der Waals surface area contributed by atoms with Crippen molar-refractivity contribution in [2.24, 2.45) is 0 Å². The van der Waals surface area contributed by atoms with Gasteiger partial charge in [-0.3, -0.25) is 0 Å². The molecule has 0 bridgehead atoms. The molecule has 17 heavy (non-hydrogen) atoms. The first-order chi connectivity index (χ1) is 8.15. The van der Waals surface area contributed by atoms with Crippen molar-refractivity contribution in [3.05, 3.63) is 61.6 Å². The molecule has 1 N–H and O–H groups in total. The molecule has 0 unspecified atom stereocenters. The van der Waals surface area contributed by atoms with E-state index < -0.39 is 0 Å². The molecule has 2 aromatic carbocycles. The zero-order valence-corrected chi connectivity index (χ0v) is 13.2. The smallest absolute Gasteiger partial charge is 0.0488 e. The third-order valence-electron chi connectivity index (χ3n) is 2.50. The lowest BCUT2D eigenvalue weighted by atomic mass is 10.1. The van der Waals surface area contributed by atoms with Crippen LogP contribution in [0.2, 0.25) is 0 Å². The Morgan fingerprint density at radius 1 is 1.18 bits per heavy atom. The van der Waals surface area contributed by atoms with Crippen LogP contribution in [0, 0.1) is 10.5 Å². The summed E-state index contributed by atoms with van der Waals surface area (Å²) in [5.41, 5.74) is 3.73. The van der Waals surface area contributed by atoms with E-state index in [1.807, 2.05) is 0 Å². The fourth-order valence-electron chi connectivity index (χ4n) is 1.65. The van der Waals surface area contributed by atoms with Gasteiger partial charge in [-0.05, 0) is 69.2 Å². The Labute approximate surface area is 124 Å². The van der Waals surface area contributed by atoms with Crippen LogP contribution in [0.15, 0.2) is 46.9 Å². The largest absolute Gasteiger partial charge is 0.380 e. The van der Waals surface area contributed by atoms with Crippen LogP contribution in [0.5, 0.6) is 0 Å². The number of rotatable bonds is 3. The molecule has 0 aliphatic rings. The van der Waals surface area contributed by atoms with Crippen LogP contribution < -0.4 is 5.32 Å². The van der Waals surface area contributed by atoms with Crippen LogP contribution in [0.3, 0.4) is 0 Å². The molecule has 2 rings (SSSR count). The molecule has 0 aromatic heterocycles. The maximum absolute atomic E-state index is 3.57. The predicted molar refractivity (Wildman–Crippen MR) is 85.4 cm³/mol. The molecule has 3 heteroatoms. The van der Waals surface area contributed by atoms with Gasteiger partial charge in [0.05, 0.1) is 0 Å². The lowest BCUT2D eigenvalue weighted by Gasteiger charge is -2.09. The average Bonchev–Trinajstić information content (AvgIpc) is 2.28. The summed E-state index contributed by atoms with van der Waals surface area (Å²) in [6.45, 7) is 2.96. The Morgan fingerprint density at radius 3 is 2.71 bits per heavy atom. The first-order valence-electron chi connectivity index (χ1n) is 5.39. The van der Waals surface area contributed by atoms with Crippen LogP contribution in [-0.2, 0) is 6.54 Å². The van der Waals surface area contributed by atoms with E-state index in [-0.39, 0.29) is 0 Å². The fourth-order valence-corrected chi connectivity index (χ4v) is 3.09. The minimum Gasteiger partial charge on any atom is -0.380 e. The van der Waals surface area contributed by atoms with Crippen LogP contribution >= 0.6 is 38.5 Å². The summed E-state index contributed by atoms with van der Waals surface area (Å²) < 4.78 is 2.34. The monoisotopic (exact) mass is 401 g/mol. The summed E-state index contributed by atoms with van der Waals surface area (Å²) >= 11 is 5.88. The van der Waals surface area contributed by atoms with Crippen molar-refractivity contribution in [3.8, 4) is 0 Å². The van der Waals surface area contributed by atoms with Gasteiger partial charge in [-0.2, -0.15) is 0 Å². The minimum atomic E-state index is 0.848. The summed E-state index contributed by atoms with van der Waals surface area (Å²) in [5, 5.41) is 3.43. The van der Waals surface area contributed by atoms with Crippen LogP contribution in [0.1, 0.15) is 11.1 Å². The Kier molecular flexibility index (Phi) is 4.45. The molecule has 0 aliphatic carbocycles. The van der Waals surface area contributed by atoms with Gasteiger partial charge >= 0.3 is 0 Å². The number of halogens is 2. The van der Waals surface area contributed by atoms with Crippen molar-refractivity contribution in [1.29, 1.82) is 0 Å². The maximum Gasteiger partial charge on any atom is 0.0488 e. The van der Waals surface area contributed by atoms with Gasteiger partial charge in [-0.1, -0.05) is 29.8 Å². The first-order valence-corrected chi connectivity index (χ1v) is 7.27. The molecule has 0 atom stereocenters. The molecule has 0 saturated heterocycles. The number of hydrogen-bond donors (Lipinski definition) is 1. The molecule has 0 fully saturated rings. The third kappa shape index (κ3) is 3.71. The van der Waals surface area contributed by atoms with E-state index in [0.29, 0.717) is 0 Å². The second kappa shape index (κ2) is 5.87.